The van der Waals surface area contributed by atoms with Gasteiger partial charge in [0.15, 0.2) is 0 Å². The summed E-state index contributed by atoms with van der Waals surface area (Å²) in [6.07, 6.45) is 5.79. The molecule has 122 valence electrons. The van der Waals surface area contributed by atoms with Crippen molar-refractivity contribution in [2.45, 2.75) is 18.6 Å². The third kappa shape index (κ3) is 3.19. The summed E-state index contributed by atoms with van der Waals surface area (Å²) in [6, 6.07) is 3.54. The van der Waals surface area contributed by atoms with Gasteiger partial charge in [-0.1, -0.05) is 0 Å². The van der Waals surface area contributed by atoms with E-state index in [4.69, 9.17) is 4.74 Å². The number of aromatic nitrogens is 3. The first-order valence-electron chi connectivity index (χ1n) is 7.59. The van der Waals surface area contributed by atoms with E-state index in [2.05, 4.69) is 15.3 Å². The summed E-state index contributed by atoms with van der Waals surface area (Å²) in [5.74, 6) is 0.631. The number of aryl methyl sites for hydroxylation is 1. The fourth-order valence-electron chi connectivity index (χ4n) is 2.71. The van der Waals surface area contributed by atoms with Crippen LogP contribution in [-0.4, -0.2) is 47.2 Å². The SMILES string of the molecule is CN(C)c1ccnc(C(=O)N[C@H]2CCO[C@@H]2c2nccn2C)c1. The monoisotopic (exact) mass is 315 g/mol. The minimum Gasteiger partial charge on any atom is -0.378 e. The molecule has 1 fully saturated rings. The number of imidazole rings is 1. The molecule has 1 aliphatic rings. The zero-order chi connectivity index (χ0) is 16.4. The second kappa shape index (κ2) is 6.37. The highest BCUT2D eigenvalue weighted by Gasteiger charge is 2.33. The summed E-state index contributed by atoms with van der Waals surface area (Å²) in [7, 11) is 5.78. The number of nitrogens with one attached hydrogen (secondary N) is 1. The average molecular weight is 315 g/mol. The van der Waals surface area contributed by atoms with Crippen molar-refractivity contribution in [2.24, 2.45) is 7.05 Å². The Balaban J connectivity index is 1.74. The first-order chi connectivity index (χ1) is 11.1. The summed E-state index contributed by atoms with van der Waals surface area (Å²) >= 11 is 0. The number of ether oxygens (including phenoxy) is 1. The molecule has 3 rings (SSSR count). The van der Waals surface area contributed by atoms with E-state index in [1.807, 2.05) is 42.9 Å². The van der Waals surface area contributed by atoms with Gasteiger partial charge in [-0.05, 0) is 18.6 Å². The van der Waals surface area contributed by atoms with Crippen LogP contribution >= 0.6 is 0 Å². The Morgan fingerprint density at radius 1 is 1.39 bits per heavy atom. The summed E-state index contributed by atoms with van der Waals surface area (Å²) < 4.78 is 7.68. The molecule has 23 heavy (non-hydrogen) atoms. The highest BCUT2D eigenvalue weighted by molar-refractivity contribution is 5.93. The van der Waals surface area contributed by atoms with E-state index in [-0.39, 0.29) is 18.1 Å². The van der Waals surface area contributed by atoms with Crippen LogP contribution in [0, 0.1) is 0 Å². The molecule has 2 aromatic rings. The molecule has 1 N–H and O–H groups in total. The van der Waals surface area contributed by atoms with Gasteiger partial charge in [0.05, 0.1) is 6.04 Å². The second-order valence-electron chi connectivity index (χ2n) is 5.85. The zero-order valence-corrected chi connectivity index (χ0v) is 13.6. The molecule has 0 aliphatic carbocycles. The minimum atomic E-state index is -0.226. The van der Waals surface area contributed by atoms with Crippen molar-refractivity contribution < 1.29 is 9.53 Å². The molecule has 0 aromatic carbocycles. The van der Waals surface area contributed by atoms with E-state index < -0.39 is 0 Å². The Bertz CT molecular complexity index is 697. The van der Waals surface area contributed by atoms with Crippen molar-refractivity contribution in [2.75, 3.05) is 25.6 Å². The van der Waals surface area contributed by atoms with E-state index in [9.17, 15) is 4.79 Å². The number of pyridine rings is 1. The van der Waals surface area contributed by atoms with Crippen LogP contribution in [-0.2, 0) is 11.8 Å². The lowest BCUT2D eigenvalue weighted by Crippen LogP contribution is -2.38. The van der Waals surface area contributed by atoms with Crippen LogP contribution in [0.4, 0.5) is 5.69 Å². The average Bonchev–Trinajstić information content (AvgIpc) is 3.15. The van der Waals surface area contributed by atoms with E-state index in [0.29, 0.717) is 12.3 Å². The molecule has 3 heterocycles. The van der Waals surface area contributed by atoms with E-state index >= 15 is 0 Å². The fraction of sp³-hybridized carbons (Fsp3) is 0.438. The van der Waals surface area contributed by atoms with Gasteiger partial charge in [0.2, 0.25) is 0 Å². The molecule has 2 aromatic heterocycles. The van der Waals surface area contributed by atoms with Crippen molar-refractivity contribution in [3.8, 4) is 0 Å². The highest BCUT2D eigenvalue weighted by atomic mass is 16.5. The molecule has 1 aliphatic heterocycles. The highest BCUT2D eigenvalue weighted by Crippen LogP contribution is 2.28. The molecular weight excluding hydrogens is 294 g/mol. The number of hydrogen-bond acceptors (Lipinski definition) is 5. The van der Waals surface area contributed by atoms with Crippen LogP contribution in [0.1, 0.15) is 28.8 Å². The Hall–Kier alpha value is -2.41. The number of hydrogen-bond donors (Lipinski definition) is 1. The lowest BCUT2D eigenvalue weighted by molar-refractivity contribution is 0.0776. The second-order valence-corrected chi connectivity index (χ2v) is 5.85. The maximum absolute atomic E-state index is 12.5. The number of carbonyl (C=O) groups is 1. The van der Waals surface area contributed by atoms with Gasteiger partial charge < -0.3 is 19.5 Å². The summed E-state index contributed by atoms with van der Waals surface area (Å²) in [4.78, 5) is 22.9. The smallest absolute Gasteiger partial charge is 0.270 e. The van der Waals surface area contributed by atoms with Crippen LogP contribution in [0.3, 0.4) is 0 Å². The van der Waals surface area contributed by atoms with Gasteiger partial charge >= 0.3 is 0 Å². The van der Waals surface area contributed by atoms with Gasteiger partial charge in [-0.15, -0.1) is 0 Å². The van der Waals surface area contributed by atoms with Crippen molar-refractivity contribution in [1.82, 2.24) is 19.9 Å². The predicted octanol–water partition coefficient (Wildman–Crippen LogP) is 1.14. The minimum absolute atomic E-state index is 0.103. The lowest BCUT2D eigenvalue weighted by Gasteiger charge is -2.20. The van der Waals surface area contributed by atoms with Crippen molar-refractivity contribution in [3.63, 3.8) is 0 Å². The van der Waals surface area contributed by atoms with Gasteiger partial charge in [-0.2, -0.15) is 0 Å². The standard InChI is InChI=1S/C16H21N5O2/c1-20(2)11-4-6-17-13(10-11)16(22)19-12-5-9-23-14(12)15-18-7-8-21(15)3/h4,6-8,10,12,14H,5,9H2,1-3H3,(H,19,22)/t12-,14-/m0/s1. The fourth-order valence-corrected chi connectivity index (χ4v) is 2.71. The maximum Gasteiger partial charge on any atom is 0.270 e. The lowest BCUT2D eigenvalue weighted by atomic mass is 10.1. The quantitative estimate of drug-likeness (QED) is 0.916. The van der Waals surface area contributed by atoms with Gasteiger partial charge in [0, 0.05) is 52.0 Å². The third-order valence-electron chi connectivity index (χ3n) is 4.01. The molecule has 2 atom stereocenters. The third-order valence-corrected chi connectivity index (χ3v) is 4.01. The van der Waals surface area contributed by atoms with E-state index in [1.54, 1.807) is 18.5 Å². The largest absolute Gasteiger partial charge is 0.378 e. The summed E-state index contributed by atoms with van der Waals surface area (Å²) in [6.45, 7) is 0.605. The normalized spacial score (nSPS) is 20.5. The Morgan fingerprint density at radius 3 is 2.91 bits per heavy atom. The summed E-state index contributed by atoms with van der Waals surface area (Å²) in [5.41, 5.74) is 1.34. The zero-order valence-electron chi connectivity index (χ0n) is 13.6. The van der Waals surface area contributed by atoms with Crippen molar-refractivity contribution >= 4 is 11.6 Å². The Morgan fingerprint density at radius 2 is 2.22 bits per heavy atom. The number of amides is 1. The van der Waals surface area contributed by atoms with Crippen LogP contribution < -0.4 is 10.2 Å². The van der Waals surface area contributed by atoms with E-state index in [1.165, 1.54) is 0 Å². The molecule has 0 unspecified atom stereocenters. The van der Waals surface area contributed by atoms with Crippen LogP contribution in [0.5, 0.6) is 0 Å². The first kappa shape index (κ1) is 15.5. The van der Waals surface area contributed by atoms with Crippen molar-refractivity contribution in [3.05, 3.63) is 42.2 Å². The summed E-state index contributed by atoms with van der Waals surface area (Å²) in [5, 5.41) is 3.03. The van der Waals surface area contributed by atoms with E-state index in [0.717, 1.165) is 17.9 Å². The molecule has 7 heteroatoms. The van der Waals surface area contributed by atoms with Crippen LogP contribution in [0.2, 0.25) is 0 Å². The maximum atomic E-state index is 12.5. The predicted molar refractivity (Wildman–Crippen MR) is 86.3 cm³/mol. The molecule has 0 bridgehead atoms. The van der Waals surface area contributed by atoms with Gasteiger partial charge in [0.1, 0.15) is 17.6 Å². The number of rotatable bonds is 4. The van der Waals surface area contributed by atoms with Gasteiger partial charge in [-0.3, -0.25) is 9.78 Å². The molecule has 1 amide bonds. The van der Waals surface area contributed by atoms with Gasteiger partial charge in [-0.25, -0.2) is 4.98 Å². The first-order valence-corrected chi connectivity index (χ1v) is 7.59. The topological polar surface area (TPSA) is 72.3 Å². The molecule has 0 spiro atoms. The number of nitrogens with zero attached hydrogens (tertiary/aromatic N) is 4. The number of anilines is 1. The Kier molecular flexibility index (Phi) is 4.29. The Labute approximate surface area is 135 Å². The molecule has 1 saturated heterocycles. The molecule has 0 saturated carbocycles. The molecule has 0 radical (unpaired) electrons. The van der Waals surface area contributed by atoms with Crippen molar-refractivity contribution in [1.29, 1.82) is 0 Å². The van der Waals surface area contributed by atoms with Crippen LogP contribution in [0.15, 0.2) is 30.7 Å². The number of carbonyl (C=O) groups excluding carboxylic acids is 1. The molecule has 7 nitrogen and oxygen atoms in total. The van der Waals surface area contributed by atoms with Gasteiger partial charge in [0.25, 0.3) is 5.91 Å². The molecular formula is C16H21N5O2. The van der Waals surface area contributed by atoms with Crippen LogP contribution in [0.25, 0.3) is 0 Å².